The van der Waals surface area contributed by atoms with Crippen LogP contribution >= 0.6 is 0 Å². The van der Waals surface area contributed by atoms with Crippen molar-refractivity contribution in [3.8, 4) is 0 Å². The Kier molecular flexibility index (Phi) is 11.8. The molecule has 3 aromatic rings. The Morgan fingerprint density at radius 2 is 0.853 bits per heavy atom. The fourth-order valence-corrected chi connectivity index (χ4v) is 4.42. The Hall–Kier alpha value is -2.50. The molecule has 3 aromatic carbocycles. The highest BCUT2D eigenvalue weighted by molar-refractivity contribution is 5.50. The van der Waals surface area contributed by atoms with Crippen LogP contribution in [-0.2, 0) is 19.6 Å². The predicted octanol–water partition coefficient (Wildman–Crippen LogP) is 5.59. The molecule has 0 radical (unpaired) electrons. The Morgan fingerprint density at radius 1 is 0.471 bits per heavy atom. The molecule has 4 heteroatoms. The van der Waals surface area contributed by atoms with E-state index in [1.165, 1.54) is 16.7 Å². The van der Waals surface area contributed by atoms with Gasteiger partial charge in [0.1, 0.15) is 0 Å². The first-order chi connectivity index (χ1) is 16.9. The van der Waals surface area contributed by atoms with Gasteiger partial charge in [-0.25, -0.2) is 0 Å². The van der Waals surface area contributed by atoms with Gasteiger partial charge in [-0.15, -0.1) is 0 Å². The first kappa shape index (κ1) is 26.1. The Balaban J connectivity index is 1.54. The highest BCUT2D eigenvalue weighted by Crippen LogP contribution is 2.43. The summed E-state index contributed by atoms with van der Waals surface area (Å²) in [6.07, 6.45) is 3.99. The maximum Gasteiger partial charge on any atom is 0.0701 e. The quantitative estimate of drug-likeness (QED) is 0.210. The summed E-state index contributed by atoms with van der Waals surface area (Å²) in [4.78, 5) is 0. The van der Waals surface area contributed by atoms with E-state index < -0.39 is 0 Å². The van der Waals surface area contributed by atoms with Gasteiger partial charge < -0.3 is 19.9 Å². The second-order valence-corrected chi connectivity index (χ2v) is 8.44. The molecule has 0 fully saturated rings. The van der Waals surface area contributed by atoms with Gasteiger partial charge in [0.25, 0.3) is 0 Å². The number of hydrogen-bond acceptors (Lipinski definition) is 4. The van der Waals surface area contributed by atoms with Gasteiger partial charge in [0.15, 0.2) is 0 Å². The Labute approximate surface area is 205 Å². The van der Waals surface area contributed by atoms with Crippen molar-refractivity contribution < 1.29 is 14.2 Å². The molecule has 2 N–H and O–H groups in total. The third-order valence-corrected chi connectivity index (χ3v) is 6.13. The highest BCUT2D eigenvalue weighted by Gasteiger charge is 2.35. The molecule has 0 unspecified atom stereocenters. The maximum atomic E-state index is 5.83. The molecule has 182 valence electrons. The molecule has 0 aliphatic carbocycles. The molecule has 0 saturated carbocycles. The maximum absolute atomic E-state index is 5.83. The van der Waals surface area contributed by atoms with Crippen molar-refractivity contribution in [2.24, 2.45) is 5.73 Å². The monoisotopic (exact) mass is 461 g/mol. The summed E-state index contributed by atoms with van der Waals surface area (Å²) >= 11 is 0. The van der Waals surface area contributed by atoms with Crippen molar-refractivity contribution in [3.63, 3.8) is 0 Å². The SMILES string of the molecule is NCCCOCCOCCOCCCCC(c1ccccc1)(c1ccccc1)c1ccccc1. The van der Waals surface area contributed by atoms with Crippen LogP contribution < -0.4 is 5.73 Å². The lowest BCUT2D eigenvalue weighted by Crippen LogP contribution is -2.29. The van der Waals surface area contributed by atoms with Crippen LogP contribution in [0.25, 0.3) is 0 Å². The molecule has 4 nitrogen and oxygen atoms in total. The molecule has 0 aliphatic rings. The van der Waals surface area contributed by atoms with Crippen LogP contribution in [0.3, 0.4) is 0 Å². The number of nitrogens with two attached hydrogens (primary N) is 1. The zero-order chi connectivity index (χ0) is 23.7. The molecular weight excluding hydrogens is 422 g/mol. The van der Waals surface area contributed by atoms with Gasteiger partial charge in [-0.05, 0) is 48.9 Å². The van der Waals surface area contributed by atoms with E-state index >= 15 is 0 Å². The fraction of sp³-hybridized carbons (Fsp3) is 0.400. The molecule has 0 heterocycles. The summed E-state index contributed by atoms with van der Waals surface area (Å²) in [7, 11) is 0. The van der Waals surface area contributed by atoms with E-state index in [1.807, 2.05) is 0 Å². The van der Waals surface area contributed by atoms with Gasteiger partial charge in [0, 0.05) is 18.6 Å². The third-order valence-electron chi connectivity index (χ3n) is 6.13. The predicted molar refractivity (Wildman–Crippen MR) is 139 cm³/mol. The number of benzene rings is 3. The average molecular weight is 462 g/mol. The van der Waals surface area contributed by atoms with Crippen LogP contribution in [0.1, 0.15) is 42.4 Å². The average Bonchev–Trinajstić information content (AvgIpc) is 2.91. The number of hydrogen-bond donors (Lipinski definition) is 1. The second-order valence-electron chi connectivity index (χ2n) is 8.44. The first-order valence-corrected chi connectivity index (χ1v) is 12.5. The fourth-order valence-electron chi connectivity index (χ4n) is 4.42. The van der Waals surface area contributed by atoms with Gasteiger partial charge in [0.05, 0.1) is 26.4 Å². The second kappa shape index (κ2) is 15.4. The summed E-state index contributed by atoms with van der Waals surface area (Å²) in [5, 5.41) is 0. The van der Waals surface area contributed by atoms with Crippen molar-refractivity contribution in [1.29, 1.82) is 0 Å². The van der Waals surface area contributed by atoms with Crippen LogP contribution in [0.4, 0.5) is 0 Å². The van der Waals surface area contributed by atoms with Crippen LogP contribution in [0, 0.1) is 0 Å². The largest absolute Gasteiger partial charge is 0.379 e. The van der Waals surface area contributed by atoms with Crippen molar-refractivity contribution in [3.05, 3.63) is 108 Å². The lowest BCUT2D eigenvalue weighted by atomic mass is 9.66. The zero-order valence-electron chi connectivity index (χ0n) is 20.2. The minimum atomic E-state index is -0.184. The first-order valence-electron chi connectivity index (χ1n) is 12.5. The molecule has 0 saturated heterocycles. The van der Waals surface area contributed by atoms with E-state index in [9.17, 15) is 0 Å². The Morgan fingerprint density at radius 3 is 1.26 bits per heavy atom. The van der Waals surface area contributed by atoms with Crippen molar-refractivity contribution in [2.75, 3.05) is 46.2 Å². The van der Waals surface area contributed by atoms with E-state index in [-0.39, 0.29) is 5.41 Å². The van der Waals surface area contributed by atoms with Crippen molar-refractivity contribution in [2.45, 2.75) is 31.1 Å². The number of unbranched alkanes of at least 4 members (excludes halogenated alkanes) is 1. The standard InChI is InChI=1S/C30H39NO3/c31-20-12-22-33-24-26-34-25-23-32-21-11-10-19-30(27-13-4-1-5-14-27,28-15-6-2-7-16-28)29-17-8-3-9-18-29/h1-9,13-18H,10-12,19-26,31H2. The summed E-state index contributed by atoms with van der Waals surface area (Å²) in [5.74, 6) is 0. The van der Waals surface area contributed by atoms with Gasteiger partial charge in [-0.1, -0.05) is 91.0 Å². The van der Waals surface area contributed by atoms with E-state index in [0.29, 0.717) is 39.6 Å². The molecule has 3 rings (SSSR count). The molecule has 0 spiro atoms. The topological polar surface area (TPSA) is 53.7 Å². The molecule has 0 atom stereocenters. The molecule has 0 aromatic heterocycles. The summed E-state index contributed by atoms with van der Waals surface area (Å²) in [6, 6.07) is 32.7. The lowest BCUT2D eigenvalue weighted by Gasteiger charge is -2.36. The lowest BCUT2D eigenvalue weighted by molar-refractivity contribution is 0.0137. The minimum absolute atomic E-state index is 0.184. The summed E-state index contributed by atoms with van der Waals surface area (Å²) in [6.45, 7) is 4.53. The molecule has 0 bridgehead atoms. The smallest absolute Gasteiger partial charge is 0.0701 e. The van der Waals surface area contributed by atoms with Gasteiger partial charge in [-0.2, -0.15) is 0 Å². The van der Waals surface area contributed by atoms with Crippen molar-refractivity contribution >= 4 is 0 Å². The van der Waals surface area contributed by atoms with Gasteiger partial charge in [-0.3, -0.25) is 0 Å². The van der Waals surface area contributed by atoms with Crippen LogP contribution in [0.15, 0.2) is 91.0 Å². The zero-order valence-corrected chi connectivity index (χ0v) is 20.2. The van der Waals surface area contributed by atoms with E-state index in [1.54, 1.807) is 0 Å². The van der Waals surface area contributed by atoms with Crippen LogP contribution in [-0.4, -0.2) is 46.2 Å². The Bertz CT molecular complexity index is 790. The highest BCUT2D eigenvalue weighted by atomic mass is 16.5. The van der Waals surface area contributed by atoms with E-state index in [4.69, 9.17) is 19.9 Å². The molecular formula is C30H39NO3. The van der Waals surface area contributed by atoms with Gasteiger partial charge >= 0.3 is 0 Å². The van der Waals surface area contributed by atoms with Crippen molar-refractivity contribution in [1.82, 2.24) is 0 Å². The van der Waals surface area contributed by atoms with Crippen LogP contribution in [0.2, 0.25) is 0 Å². The minimum Gasteiger partial charge on any atom is -0.379 e. The third kappa shape index (κ3) is 7.78. The van der Waals surface area contributed by atoms with E-state index in [0.717, 1.165) is 32.3 Å². The molecule has 0 aliphatic heterocycles. The number of rotatable bonds is 17. The van der Waals surface area contributed by atoms with Crippen LogP contribution in [0.5, 0.6) is 0 Å². The summed E-state index contributed by atoms with van der Waals surface area (Å²) < 4.78 is 16.8. The normalized spacial score (nSPS) is 11.6. The van der Waals surface area contributed by atoms with E-state index in [2.05, 4.69) is 91.0 Å². The molecule has 0 amide bonds. The summed E-state index contributed by atoms with van der Waals surface area (Å²) in [5.41, 5.74) is 9.25. The molecule has 34 heavy (non-hydrogen) atoms. The van der Waals surface area contributed by atoms with Gasteiger partial charge in [0.2, 0.25) is 0 Å². The number of ether oxygens (including phenoxy) is 3.